The van der Waals surface area contributed by atoms with Gasteiger partial charge in [0.2, 0.25) is 0 Å². The van der Waals surface area contributed by atoms with Crippen LogP contribution in [0.4, 0.5) is 5.69 Å². The summed E-state index contributed by atoms with van der Waals surface area (Å²) in [6.45, 7) is 3.98. The van der Waals surface area contributed by atoms with Crippen LogP contribution in [-0.4, -0.2) is 43.1 Å². The minimum Gasteiger partial charge on any atom is -0.370 e. The molecule has 1 saturated heterocycles. The highest BCUT2D eigenvalue weighted by Gasteiger charge is 2.20. The van der Waals surface area contributed by atoms with Gasteiger partial charge in [-0.05, 0) is 25.0 Å². The van der Waals surface area contributed by atoms with Gasteiger partial charge in [0.05, 0.1) is 6.04 Å². The number of para-hydroxylation sites is 1. The third kappa shape index (κ3) is 3.06. The van der Waals surface area contributed by atoms with Crippen molar-refractivity contribution in [2.45, 2.75) is 31.7 Å². The maximum absolute atomic E-state index is 6.17. The molecule has 1 aliphatic carbocycles. The van der Waals surface area contributed by atoms with Crippen LogP contribution < -0.4 is 10.6 Å². The Balaban J connectivity index is 1.55. The third-order valence-electron chi connectivity index (χ3n) is 4.36. The number of rotatable bonds is 2. The molecule has 1 aliphatic heterocycles. The van der Waals surface area contributed by atoms with Crippen molar-refractivity contribution in [1.82, 2.24) is 4.90 Å². The van der Waals surface area contributed by atoms with Crippen molar-refractivity contribution in [3.63, 3.8) is 0 Å². The van der Waals surface area contributed by atoms with E-state index in [1.807, 2.05) is 0 Å². The summed E-state index contributed by atoms with van der Waals surface area (Å²) in [4.78, 5) is 9.35. The van der Waals surface area contributed by atoms with E-state index in [1.54, 1.807) is 0 Å². The fourth-order valence-corrected chi connectivity index (χ4v) is 3.13. The second-order valence-electron chi connectivity index (χ2n) is 5.74. The molecular formula is C16H24N4. The lowest BCUT2D eigenvalue weighted by molar-refractivity contribution is 0.379. The van der Waals surface area contributed by atoms with Gasteiger partial charge in [0.1, 0.15) is 0 Å². The van der Waals surface area contributed by atoms with E-state index in [9.17, 15) is 0 Å². The van der Waals surface area contributed by atoms with Crippen LogP contribution in [0.15, 0.2) is 35.3 Å². The van der Waals surface area contributed by atoms with E-state index >= 15 is 0 Å². The minimum atomic E-state index is 0.474. The molecule has 0 spiro atoms. The molecule has 20 heavy (non-hydrogen) atoms. The van der Waals surface area contributed by atoms with Crippen LogP contribution in [0.25, 0.3) is 0 Å². The van der Waals surface area contributed by atoms with Gasteiger partial charge in [-0.15, -0.1) is 0 Å². The molecule has 3 rings (SSSR count). The number of piperazine rings is 1. The number of nitrogens with zero attached hydrogens (tertiary/aromatic N) is 3. The van der Waals surface area contributed by atoms with Crippen LogP contribution in [0.3, 0.4) is 0 Å². The zero-order chi connectivity index (χ0) is 13.8. The highest BCUT2D eigenvalue weighted by Crippen LogP contribution is 2.21. The Kier molecular flexibility index (Phi) is 4.09. The van der Waals surface area contributed by atoms with Crippen molar-refractivity contribution in [2.24, 2.45) is 10.7 Å². The molecule has 1 saturated carbocycles. The predicted molar refractivity (Wildman–Crippen MR) is 84.1 cm³/mol. The molecule has 0 aromatic heterocycles. The number of nitrogens with two attached hydrogens (primary N) is 1. The number of benzene rings is 1. The molecular weight excluding hydrogens is 248 g/mol. The second kappa shape index (κ2) is 6.16. The molecule has 1 heterocycles. The SMILES string of the molecule is NC(=NC1CCCC1)N1CCN(c2ccccc2)CC1. The summed E-state index contributed by atoms with van der Waals surface area (Å²) in [6.07, 6.45) is 5.04. The minimum absolute atomic E-state index is 0.474. The number of aliphatic imine (C=N–C) groups is 1. The van der Waals surface area contributed by atoms with Gasteiger partial charge in [0.15, 0.2) is 5.96 Å². The molecule has 0 amide bonds. The summed E-state index contributed by atoms with van der Waals surface area (Å²) in [7, 11) is 0. The zero-order valence-corrected chi connectivity index (χ0v) is 12.0. The average Bonchev–Trinajstić information content (AvgIpc) is 3.01. The summed E-state index contributed by atoms with van der Waals surface area (Å²) in [5.74, 6) is 0.754. The third-order valence-corrected chi connectivity index (χ3v) is 4.36. The summed E-state index contributed by atoms with van der Waals surface area (Å²) < 4.78 is 0. The van der Waals surface area contributed by atoms with Crippen LogP contribution in [0, 0.1) is 0 Å². The number of hydrogen-bond donors (Lipinski definition) is 1. The number of hydrogen-bond acceptors (Lipinski definition) is 2. The van der Waals surface area contributed by atoms with Crippen molar-refractivity contribution >= 4 is 11.6 Å². The van der Waals surface area contributed by atoms with Crippen LogP contribution in [0.5, 0.6) is 0 Å². The molecule has 1 aromatic carbocycles. The molecule has 0 bridgehead atoms. The highest BCUT2D eigenvalue weighted by atomic mass is 15.3. The smallest absolute Gasteiger partial charge is 0.191 e. The molecule has 0 atom stereocenters. The van der Waals surface area contributed by atoms with Crippen LogP contribution >= 0.6 is 0 Å². The number of guanidine groups is 1. The Morgan fingerprint density at radius 1 is 1.00 bits per heavy atom. The number of anilines is 1. The van der Waals surface area contributed by atoms with Gasteiger partial charge < -0.3 is 15.5 Å². The first-order chi connectivity index (χ1) is 9.83. The van der Waals surface area contributed by atoms with Crippen molar-refractivity contribution in [2.75, 3.05) is 31.1 Å². The van der Waals surface area contributed by atoms with Gasteiger partial charge in [-0.1, -0.05) is 31.0 Å². The largest absolute Gasteiger partial charge is 0.370 e. The molecule has 2 fully saturated rings. The predicted octanol–water partition coefficient (Wildman–Crippen LogP) is 2.07. The van der Waals surface area contributed by atoms with Gasteiger partial charge in [0.25, 0.3) is 0 Å². The van der Waals surface area contributed by atoms with Gasteiger partial charge in [-0.2, -0.15) is 0 Å². The van der Waals surface area contributed by atoms with E-state index < -0.39 is 0 Å². The van der Waals surface area contributed by atoms with E-state index in [4.69, 9.17) is 10.7 Å². The lowest BCUT2D eigenvalue weighted by Crippen LogP contribution is -2.51. The quantitative estimate of drug-likeness (QED) is 0.662. The van der Waals surface area contributed by atoms with Crippen molar-refractivity contribution in [3.8, 4) is 0 Å². The average molecular weight is 272 g/mol. The molecule has 4 nitrogen and oxygen atoms in total. The fourth-order valence-electron chi connectivity index (χ4n) is 3.13. The van der Waals surface area contributed by atoms with Crippen molar-refractivity contribution < 1.29 is 0 Å². The van der Waals surface area contributed by atoms with Crippen molar-refractivity contribution in [1.29, 1.82) is 0 Å². The molecule has 0 radical (unpaired) electrons. The van der Waals surface area contributed by atoms with Crippen molar-refractivity contribution in [3.05, 3.63) is 30.3 Å². The molecule has 1 aromatic rings. The van der Waals surface area contributed by atoms with E-state index in [-0.39, 0.29) is 0 Å². The van der Waals surface area contributed by atoms with Gasteiger partial charge >= 0.3 is 0 Å². The Hall–Kier alpha value is -1.71. The van der Waals surface area contributed by atoms with Gasteiger partial charge in [0, 0.05) is 31.9 Å². The Labute approximate surface area is 121 Å². The molecule has 0 unspecified atom stereocenters. The molecule has 2 aliphatic rings. The lowest BCUT2D eigenvalue weighted by atomic mass is 10.2. The Morgan fingerprint density at radius 3 is 2.30 bits per heavy atom. The normalized spacial score (nSPS) is 21.5. The standard InChI is InChI=1S/C16H24N4/c17-16(18-14-6-4-5-7-14)20-12-10-19(11-13-20)15-8-2-1-3-9-15/h1-3,8-9,14H,4-7,10-13H2,(H2,17,18). The maximum atomic E-state index is 6.17. The summed E-state index contributed by atoms with van der Waals surface area (Å²) in [5.41, 5.74) is 7.47. The van der Waals surface area contributed by atoms with Crippen LogP contribution in [0.2, 0.25) is 0 Å². The highest BCUT2D eigenvalue weighted by molar-refractivity contribution is 5.78. The molecule has 108 valence electrons. The monoisotopic (exact) mass is 272 g/mol. The van der Waals surface area contributed by atoms with E-state index in [0.29, 0.717) is 6.04 Å². The first-order valence-corrected chi connectivity index (χ1v) is 7.71. The summed E-state index contributed by atoms with van der Waals surface area (Å²) in [6, 6.07) is 11.1. The Morgan fingerprint density at radius 2 is 1.65 bits per heavy atom. The molecule has 2 N–H and O–H groups in total. The van der Waals surface area contributed by atoms with E-state index in [2.05, 4.69) is 40.1 Å². The van der Waals surface area contributed by atoms with Crippen LogP contribution in [-0.2, 0) is 0 Å². The summed E-state index contributed by atoms with van der Waals surface area (Å²) in [5, 5.41) is 0. The van der Waals surface area contributed by atoms with Gasteiger partial charge in [-0.25, -0.2) is 4.99 Å². The first-order valence-electron chi connectivity index (χ1n) is 7.71. The lowest BCUT2D eigenvalue weighted by Gasteiger charge is -2.36. The zero-order valence-electron chi connectivity index (χ0n) is 12.0. The fraction of sp³-hybridized carbons (Fsp3) is 0.562. The second-order valence-corrected chi connectivity index (χ2v) is 5.74. The van der Waals surface area contributed by atoms with Gasteiger partial charge in [-0.3, -0.25) is 0 Å². The molecule has 4 heteroatoms. The Bertz CT molecular complexity index is 443. The van der Waals surface area contributed by atoms with E-state index in [0.717, 1.165) is 32.1 Å². The summed E-state index contributed by atoms with van der Waals surface area (Å²) >= 11 is 0. The van der Waals surface area contributed by atoms with E-state index in [1.165, 1.54) is 31.4 Å². The van der Waals surface area contributed by atoms with Crippen LogP contribution in [0.1, 0.15) is 25.7 Å². The first kappa shape index (κ1) is 13.3. The maximum Gasteiger partial charge on any atom is 0.191 e. The topological polar surface area (TPSA) is 44.9 Å².